The summed E-state index contributed by atoms with van der Waals surface area (Å²) in [5.41, 5.74) is 3.77. The maximum atomic E-state index is 11.0. The predicted octanol–water partition coefficient (Wildman–Crippen LogP) is 4.41. The highest BCUT2D eigenvalue weighted by Gasteiger charge is 2.30. The Balaban J connectivity index is 2.18. The lowest BCUT2D eigenvalue weighted by Crippen LogP contribution is -2.11. The Hall–Kier alpha value is -0.630. The molecule has 1 aromatic rings. The van der Waals surface area contributed by atoms with Crippen LogP contribution < -0.4 is 0 Å². The van der Waals surface area contributed by atoms with Gasteiger partial charge in [0, 0.05) is 10.0 Å². The molecular weight excluding hydrogens is 264 g/mol. The molecule has 0 saturated heterocycles. The largest absolute Gasteiger partial charge is 0.298 e. The zero-order valence-corrected chi connectivity index (χ0v) is 10.8. The minimum atomic E-state index is 0.709. The summed E-state index contributed by atoms with van der Waals surface area (Å²) in [4.78, 5) is 11.0. The van der Waals surface area contributed by atoms with Crippen LogP contribution >= 0.6 is 15.9 Å². The van der Waals surface area contributed by atoms with Crippen LogP contribution in [0.3, 0.4) is 0 Å². The Labute approximate surface area is 104 Å². The normalized spacial score (nSPS) is 27.3. The number of carbonyl (C=O) groups excluding carboxylic acids is 1. The van der Waals surface area contributed by atoms with Gasteiger partial charge in [0.2, 0.25) is 0 Å². The van der Waals surface area contributed by atoms with Crippen LogP contribution in [0.5, 0.6) is 0 Å². The SMILES string of the molecule is O=Cc1cc2c(cc1Br)[C@H]1CCC[C@H]2CC1. The summed E-state index contributed by atoms with van der Waals surface area (Å²) in [5.74, 6) is 1.45. The molecule has 3 aliphatic carbocycles. The molecule has 1 saturated carbocycles. The molecular formula is C14H15BrO. The fourth-order valence-corrected chi connectivity index (χ4v) is 3.80. The zero-order chi connectivity index (χ0) is 11.1. The van der Waals surface area contributed by atoms with Crippen molar-refractivity contribution in [3.05, 3.63) is 33.3 Å². The second-order valence-corrected chi connectivity index (χ2v) is 5.88. The molecule has 1 nitrogen and oxygen atoms in total. The van der Waals surface area contributed by atoms with E-state index in [1.807, 2.05) is 0 Å². The third-order valence-corrected chi connectivity index (χ3v) is 4.86. The molecule has 0 spiro atoms. The van der Waals surface area contributed by atoms with Crippen LogP contribution in [0.1, 0.15) is 65.4 Å². The van der Waals surface area contributed by atoms with Crippen LogP contribution in [-0.2, 0) is 0 Å². The van der Waals surface area contributed by atoms with Crippen molar-refractivity contribution in [3.8, 4) is 0 Å². The van der Waals surface area contributed by atoms with Crippen LogP contribution in [0.15, 0.2) is 16.6 Å². The molecule has 2 heteroatoms. The minimum absolute atomic E-state index is 0.709. The molecule has 0 aliphatic heterocycles. The lowest BCUT2D eigenvalue weighted by molar-refractivity contribution is 0.112. The molecule has 2 atom stereocenters. The Kier molecular flexibility index (Phi) is 2.62. The Morgan fingerprint density at radius 2 is 1.69 bits per heavy atom. The van der Waals surface area contributed by atoms with Crippen LogP contribution in [-0.4, -0.2) is 6.29 Å². The highest BCUT2D eigenvalue weighted by Crippen LogP contribution is 2.48. The topological polar surface area (TPSA) is 17.1 Å². The number of rotatable bonds is 1. The lowest BCUT2D eigenvalue weighted by atomic mass is 9.78. The summed E-state index contributed by atoms with van der Waals surface area (Å²) in [7, 11) is 0. The average Bonchev–Trinajstić information content (AvgIpc) is 2.62. The summed E-state index contributed by atoms with van der Waals surface area (Å²) in [6.45, 7) is 0. The van der Waals surface area contributed by atoms with E-state index in [1.165, 1.54) is 43.2 Å². The van der Waals surface area contributed by atoms with Gasteiger partial charge in [-0.1, -0.05) is 22.4 Å². The third kappa shape index (κ3) is 1.55. The number of hydrogen-bond acceptors (Lipinski definition) is 1. The van der Waals surface area contributed by atoms with Crippen LogP contribution in [0, 0.1) is 0 Å². The van der Waals surface area contributed by atoms with E-state index in [0.29, 0.717) is 5.92 Å². The van der Waals surface area contributed by atoms with Crippen molar-refractivity contribution in [3.63, 3.8) is 0 Å². The molecule has 0 amide bonds. The molecule has 0 unspecified atom stereocenters. The van der Waals surface area contributed by atoms with E-state index in [-0.39, 0.29) is 0 Å². The number of benzene rings is 1. The lowest BCUT2D eigenvalue weighted by Gasteiger charge is -2.28. The maximum absolute atomic E-state index is 11.0. The van der Waals surface area contributed by atoms with Crippen molar-refractivity contribution >= 4 is 22.2 Å². The number of carbonyl (C=O) groups is 1. The van der Waals surface area contributed by atoms with Gasteiger partial charge in [-0.05, 0) is 60.8 Å². The quantitative estimate of drug-likeness (QED) is 0.696. The van der Waals surface area contributed by atoms with Gasteiger partial charge in [-0.3, -0.25) is 4.79 Å². The van der Waals surface area contributed by atoms with Crippen molar-refractivity contribution in [2.45, 2.75) is 43.9 Å². The van der Waals surface area contributed by atoms with Gasteiger partial charge >= 0.3 is 0 Å². The van der Waals surface area contributed by atoms with Gasteiger partial charge in [0.05, 0.1) is 0 Å². The number of hydrogen-bond donors (Lipinski definition) is 0. The molecule has 84 valence electrons. The van der Waals surface area contributed by atoms with Gasteiger partial charge in [-0.15, -0.1) is 0 Å². The summed E-state index contributed by atoms with van der Waals surface area (Å²) in [6, 6.07) is 4.32. The van der Waals surface area contributed by atoms with Crippen molar-refractivity contribution in [2.75, 3.05) is 0 Å². The molecule has 2 bridgehead atoms. The van der Waals surface area contributed by atoms with Gasteiger partial charge in [0.15, 0.2) is 6.29 Å². The maximum Gasteiger partial charge on any atom is 0.151 e. The number of aldehydes is 1. The fraction of sp³-hybridized carbons (Fsp3) is 0.500. The minimum Gasteiger partial charge on any atom is -0.298 e. The highest BCUT2D eigenvalue weighted by molar-refractivity contribution is 9.10. The molecule has 0 N–H and O–H groups in total. The first-order chi connectivity index (χ1) is 7.79. The third-order valence-electron chi connectivity index (χ3n) is 4.18. The second kappa shape index (κ2) is 3.99. The first kappa shape index (κ1) is 10.5. The second-order valence-electron chi connectivity index (χ2n) is 5.02. The van der Waals surface area contributed by atoms with Crippen LogP contribution in [0.4, 0.5) is 0 Å². The molecule has 1 aromatic carbocycles. The van der Waals surface area contributed by atoms with E-state index in [0.717, 1.165) is 22.2 Å². The van der Waals surface area contributed by atoms with Gasteiger partial charge in [-0.25, -0.2) is 0 Å². The van der Waals surface area contributed by atoms with Gasteiger partial charge in [-0.2, -0.15) is 0 Å². The molecule has 3 aliphatic rings. The van der Waals surface area contributed by atoms with Crippen molar-refractivity contribution < 1.29 is 4.79 Å². The van der Waals surface area contributed by atoms with Crippen LogP contribution in [0.2, 0.25) is 0 Å². The first-order valence-electron chi connectivity index (χ1n) is 6.08. The zero-order valence-electron chi connectivity index (χ0n) is 9.21. The Bertz CT molecular complexity index is 435. The molecule has 4 rings (SSSR count). The standard InChI is InChI=1S/C14H15BrO/c15-14-7-13-10-3-1-2-9(4-5-10)12(13)6-11(14)8-16/h6-10H,1-5H2/t9-,10-/m0/s1. The van der Waals surface area contributed by atoms with E-state index in [1.54, 1.807) is 0 Å². The Morgan fingerprint density at radius 3 is 2.31 bits per heavy atom. The van der Waals surface area contributed by atoms with E-state index >= 15 is 0 Å². The van der Waals surface area contributed by atoms with Crippen molar-refractivity contribution in [1.82, 2.24) is 0 Å². The molecule has 0 aromatic heterocycles. The van der Waals surface area contributed by atoms with E-state index in [4.69, 9.17) is 0 Å². The monoisotopic (exact) mass is 278 g/mol. The molecule has 16 heavy (non-hydrogen) atoms. The van der Waals surface area contributed by atoms with Crippen molar-refractivity contribution in [2.24, 2.45) is 0 Å². The summed E-state index contributed by atoms with van der Waals surface area (Å²) < 4.78 is 0.966. The summed E-state index contributed by atoms with van der Waals surface area (Å²) >= 11 is 3.50. The fourth-order valence-electron chi connectivity index (χ4n) is 3.34. The molecule has 0 heterocycles. The molecule has 1 fully saturated rings. The average molecular weight is 279 g/mol. The van der Waals surface area contributed by atoms with Gasteiger partial charge in [0.25, 0.3) is 0 Å². The molecule has 0 radical (unpaired) electrons. The van der Waals surface area contributed by atoms with E-state index in [2.05, 4.69) is 28.1 Å². The summed E-state index contributed by atoms with van der Waals surface area (Å²) in [5, 5.41) is 0. The van der Waals surface area contributed by atoms with Gasteiger partial charge in [0.1, 0.15) is 0 Å². The van der Waals surface area contributed by atoms with Gasteiger partial charge < -0.3 is 0 Å². The van der Waals surface area contributed by atoms with E-state index in [9.17, 15) is 4.79 Å². The smallest absolute Gasteiger partial charge is 0.151 e. The summed E-state index contributed by atoms with van der Waals surface area (Å²) in [6.07, 6.45) is 7.60. The number of fused-ring (bicyclic) bond motifs is 3. The number of halogens is 1. The first-order valence-corrected chi connectivity index (χ1v) is 6.87. The highest BCUT2D eigenvalue weighted by atomic mass is 79.9. The van der Waals surface area contributed by atoms with Crippen molar-refractivity contribution in [1.29, 1.82) is 0 Å². The van der Waals surface area contributed by atoms with E-state index < -0.39 is 0 Å². The predicted molar refractivity (Wildman–Crippen MR) is 68.1 cm³/mol. The van der Waals surface area contributed by atoms with Crippen LogP contribution in [0.25, 0.3) is 0 Å². The Morgan fingerprint density at radius 1 is 1.06 bits per heavy atom.